The molecular weight excluding hydrogens is 414 g/mol. The van der Waals surface area contributed by atoms with Gasteiger partial charge in [0.05, 0.1) is 30.7 Å². The molecule has 2 bridgehead atoms. The second-order valence-electron chi connectivity index (χ2n) is 8.15. The van der Waals surface area contributed by atoms with Crippen LogP contribution in [0.3, 0.4) is 0 Å². The van der Waals surface area contributed by atoms with Gasteiger partial charge in [0.15, 0.2) is 0 Å². The standard InChI is InChI=1S/C23H27N3O6/c1-3-10-24-23(31)26-17-11-25-16(20(26)19(22(29)30)15(17)12-27)9-8-14(21(25)28)13-6-4-5-7-18(13)32-2/h4-9,15,17,19-20,27H,3,10-12H2,1-2H3,(H,24,31)(H,29,30)/t15-,17-,19+,20+/m1/s1. The average molecular weight is 441 g/mol. The molecule has 3 N–H and O–H groups in total. The smallest absolute Gasteiger partial charge is 0.318 e. The van der Waals surface area contributed by atoms with E-state index >= 15 is 0 Å². The maximum atomic E-state index is 13.5. The van der Waals surface area contributed by atoms with Crippen LogP contribution >= 0.6 is 0 Å². The number of pyridine rings is 1. The van der Waals surface area contributed by atoms with Crippen molar-refractivity contribution in [2.45, 2.75) is 32.0 Å². The van der Waals surface area contributed by atoms with Gasteiger partial charge in [0, 0.05) is 36.9 Å². The van der Waals surface area contributed by atoms with Crippen molar-refractivity contribution in [1.29, 1.82) is 0 Å². The summed E-state index contributed by atoms with van der Waals surface area (Å²) < 4.78 is 6.95. The van der Waals surface area contributed by atoms with E-state index in [-0.39, 0.29) is 18.1 Å². The number of amides is 2. The number of carbonyl (C=O) groups excluding carboxylic acids is 1. The predicted octanol–water partition coefficient (Wildman–Crippen LogP) is 1.69. The largest absolute Gasteiger partial charge is 0.496 e. The molecule has 1 aromatic carbocycles. The van der Waals surface area contributed by atoms with Crippen LogP contribution in [0.1, 0.15) is 25.1 Å². The van der Waals surface area contributed by atoms with E-state index in [1.807, 2.05) is 19.1 Å². The Labute approximate surface area is 185 Å². The van der Waals surface area contributed by atoms with Crippen LogP contribution in [0.5, 0.6) is 5.75 Å². The number of carbonyl (C=O) groups is 2. The van der Waals surface area contributed by atoms with Crippen molar-refractivity contribution in [3.8, 4) is 16.9 Å². The number of hydrogen-bond acceptors (Lipinski definition) is 5. The van der Waals surface area contributed by atoms with Gasteiger partial charge in [0.1, 0.15) is 5.75 Å². The van der Waals surface area contributed by atoms with Crippen LogP contribution in [-0.4, -0.2) is 58.0 Å². The summed E-state index contributed by atoms with van der Waals surface area (Å²) in [5.74, 6) is -2.23. The predicted molar refractivity (Wildman–Crippen MR) is 116 cm³/mol. The highest BCUT2D eigenvalue weighted by Crippen LogP contribution is 2.48. The molecule has 2 aliphatic heterocycles. The topological polar surface area (TPSA) is 121 Å². The Morgan fingerprint density at radius 3 is 2.59 bits per heavy atom. The van der Waals surface area contributed by atoms with E-state index in [1.165, 1.54) is 12.0 Å². The summed E-state index contributed by atoms with van der Waals surface area (Å²) in [6.07, 6.45) is 0.735. The minimum atomic E-state index is -1.10. The molecule has 2 amide bonds. The number of para-hydroxylation sites is 1. The summed E-state index contributed by atoms with van der Waals surface area (Å²) in [5, 5.41) is 22.8. The number of methoxy groups -OCH3 is 1. The van der Waals surface area contributed by atoms with Crippen molar-refractivity contribution >= 4 is 12.0 Å². The van der Waals surface area contributed by atoms with Crippen LogP contribution in [0.4, 0.5) is 4.79 Å². The van der Waals surface area contributed by atoms with Gasteiger partial charge in [-0.15, -0.1) is 0 Å². The lowest BCUT2D eigenvalue weighted by Gasteiger charge is -2.38. The summed E-state index contributed by atoms with van der Waals surface area (Å²) >= 11 is 0. The second-order valence-corrected chi connectivity index (χ2v) is 8.15. The fraction of sp³-hybridized carbons (Fsp3) is 0.435. The number of fused-ring (bicyclic) bond motifs is 4. The highest BCUT2D eigenvalue weighted by atomic mass is 16.5. The molecule has 0 saturated carbocycles. The van der Waals surface area contributed by atoms with Gasteiger partial charge in [-0.3, -0.25) is 9.59 Å². The molecule has 0 aliphatic carbocycles. The Morgan fingerprint density at radius 1 is 1.19 bits per heavy atom. The maximum Gasteiger partial charge on any atom is 0.318 e. The van der Waals surface area contributed by atoms with Crippen LogP contribution in [0, 0.1) is 11.8 Å². The fourth-order valence-electron chi connectivity index (χ4n) is 5.06. The van der Waals surface area contributed by atoms with E-state index < -0.39 is 36.5 Å². The van der Waals surface area contributed by atoms with Gasteiger partial charge in [-0.2, -0.15) is 0 Å². The van der Waals surface area contributed by atoms with Crippen LogP contribution in [-0.2, 0) is 11.3 Å². The molecule has 2 aromatic rings. The molecule has 9 nitrogen and oxygen atoms in total. The van der Waals surface area contributed by atoms with Crippen LogP contribution in [0.2, 0.25) is 0 Å². The van der Waals surface area contributed by atoms with Crippen molar-refractivity contribution < 1.29 is 24.5 Å². The highest BCUT2D eigenvalue weighted by molar-refractivity contribution is 5.80. The Balaban J connectivity index is 1.86. The number of hydrogen-bond donors (Lipinski definition) is 3. The molecule has 0 spiro atoms. The Hall–Kier alpha value is -3.33. The summed E-state index contributed by atoms with van der Waals surface area (Å²) in [6.45, 7) is 2.10. The minimum absolute atomic E-state index is 0.113. The number of benzene rings is 1. The van der Waals surface area contributed by atoms with Crippen molar-refractivity contribution in [2.75, 3.05) is 20.3 Å². The first-order valence-corrected chi connectivity index (χ1v) is 10.7. The molecule has 1 aromatic heterocycles. The lowest BCUT2D eigenvalue weighted by atomic mass is 9.87. The van der Waals surface area contributed by atoms with Crippen molar-refractivity contribution in [2.24, 2.45) is 11.8 Å². The van der Waals surface area contributed by atoms with Gasteiger partial charge < -0.3 is 29.7 Å². The van der Waals surface area contributed by atoms with Gasteiger partial charge in [-0.25, -0.2) is 4.79 Å². The zero-order valence-electron chi connectivity index (χ0n) is 18.0. The molecule has 32 heavy (non-hydrogen) atoms. The van der Waals surface area contributed by atoms with Crippen LogP contribution < -0.4 is 15.6 Å². The minimum Gasteiger partial charge on any atom is -0.496 e. The number of aromatic nitrogens is 1. The number of nitrogens with one attached hydrogen (secondary N) is 1. The normalized spacial score (nSPS) is 23.5. The molecule has 9 heteroatoms. The van der Waals surface area contributed by atoms with Crippen molar-refractivity contribution in [3.05, 3.63) is 52.4 Å². The van der Waals surface area contributed by atoms with Crippen LogP contribution in [0.25, 0.3) is 11.1 Å². The lowest BCUT2D eigenvalue weighted by molar-refractivity contribution is -0.144. The summed E-state index contributed by atoms with van der Waals surface area (Å²) in [5.41, 5.74) is 1.25. The summed E-state index contributed by atoms with van der Waals surface area (Å²) in [4.78, 5) is 40.1. The molecule has 4 atom stereocenters. The van der Waals surface area contributed by atoms with E-state index in [1.54, 1.807) is 28.8 Å². The van der Waals surface area contributed by atoms with E-state index in [4.69, 9.17) is 4.74 Å². The number of nitrogens with zero attached hydrogens (tertiary/aromatic N) is 2. The third kappa shape index (κ3) is 3.33. The molecule has 170 valence electrons. The number of rotatable bonds is 6. The number of carboxylic acid groups (broad SMARTS) is 1. The number of aliphatic carboxylic acids is 1. The van der Waals surface area contributed by atoms with Gasteiger partial charge in [0.25, 0.3) is 5.56 Å². The van der Waals surface area contributed by atoms with Crippen molar-refractivity contribution in [3.63, 3.8) is 0 Å². The number of carboxylic acids is 1. The number of aliphatic hydroxyl groups is 1. The Morgan fingerprint density at radius 2 is 1.94 bits per heavy atom. The molecule has 0 unspecified atom stereocenters. The molecule has 4 rings (SSSR count). The van der Waals surface area contributed by atoms with E-state index in [0.717, 1.165) is 6.42 Å². The van der Waals surface area contributed by atoms with E-state index in [0.29, 0.717) is 29.1 Å². The van der Waals surface area contributed by atoms with Crippen molar-refractivity contribution in [1.82, 2.24) is 14.8 Å². The zero-order valence-corrected chi connectivity index (χ0v) is 18.0. The zero-order chi connectivity index (χ0) is 23.0. The maximum absolute atomic E-state index is 13.5. The molecule has 1 saturated heterocycles. The van der Waals surface area contributed by atoms with Gasteiger partial charge in [-0.05, 0) is 24.6 Å². The SMILES string of the molecule is CCCNC(=O)N1[C@@H]2Cn3c(ccc(-c4ccccc4OC)c3=O)[C@H]1[C@@H](C(=O)O)[C@@H]2CO. The summed E-state index contributed by atoms with van der Waals surface area (Å²) in [7, 11) is 1.53. The number of ether oxygens (including phenoxy) is 1. The summed E-state index contributed by atoms with van der Waals surface area (Å²) in [6, 6.07) is 8.71. The van der Waals surface area contributed by atoms with E-state index in [2.05, 4.69) is 5.32 Å². The molecule has 0 radical (unpaired) electrons. The average Bonchev–Trinajstić information content (AvgIpc) is 3.05. The quantitative estimate of drug-likeness (QED) is 0.627. The highest BCUT2D eigenvalue weighted by Gasteiger charge is 2.57. The second kappa shape index (κ2) is 8.66. The Bertz CT molecular complexity index is 1100. The van der Waals surface area contributed by atoms with Gasteiger partial charge >= 0.3 is 12.0 Å². The van der Waals surface area contributed by atoms with Gasteiger partial charge in [0.2, 0.25) is 0 Å². The first kappa shape index (κ1) is 21.9. The fourth-order valence-corrected chi connectivity index (χ4v) is 5.06. The third-order valence-corrected chi connectivity index (χ3v) is 6.49. The Kier molecular flexibility index (Phi) is 5.92. The third-order valence-electron chi connectivity index (χ3n) is 6.49. The number of urea groups is 1. The molecule has 3 heterocycles. The molecule has 1 fully saturated rings. The van der Waals surface area contributed by atoms with Crippen LogP contribution in [0.15, 0.2) is 41.2 Å². The number of aliphatic hydroxyl groups excluding tert-OH is 1. The van der Waals surface area contributed by atoms with E-state index in [9.17, 15) is 24.6 Å². The first-order valence-electron chi connectivity index (χ1n) is 10.7. The lowest BCUT2D eigenvalue weighted by Crippen LogP contribution is -2.52. The van der Waals surface area contributed by atoms with Gasteiger partial charge in [-0.1, -0.05) is 25.1 Å². The monoisotopic (exact) mass is 441 g/mol. The molecular formula is C23H27N3O6. The first-order chi connectivity index (χ1) is 15.4. The molecule has 2 aliphatic rings.